The van der Waals surface area contributed by atoms with E-state index in [1.54, 1.807) is 29.2 Å². The maximum absolute atomic E-state index is 13.0. The van der Waals surface area contributed by atoms with Crippen LogP contribution in [-0.4, -0.2) is 20.4 Å². The molecule has 2 aromatic rings. The number of rotatable bonds is 3. The van der Waals surface area contributed by atoms with Crippen molar-refractivity contribution in [2.24, 2.45) is 0 Å². The van der Waals surface area contributed by atoms with Crippen molar-refractivity contribution in [2.45, 2.75) is 31.2 Å². The van der Waals surface area contributed by atoms with Gasteiger partial charge in [0.2, 0.25) is 5.91 Å². The number of nitrogens with one attached hydrogen (secondary N) is 1. The average Bonchev–Trinajstić information content (AvgIpc) is 2.84. The van der Waals surface area contributed by atoms with E-state index in [9.17, 15) is 13.2 Å². The van der Waals surface area contributed by atoms with Crippen LogP contribution >= 0.6 is 31.9 Å². The Kier molecular flexibility index (Phi) is 4.96. The molecule has 0 aromatic heterocycles. The first-order valence-corrected chi connectivity index (χ1v) is 10.7. The Morgan fingerprint density at radius 2 is 1.92 bits per heavy atom. The van der Waals surface area contributed by atoms with E-state index in [1.807, 2.05) is 13.0 Å². The molecule has 1 atom stereocenters. The van der Waals surface area contributed by atoms with Crippen LogP contribution in [0.3, 0.4) is 0 Å². The number of nitrogens with zero attached hydrogens (tertiary/aromatic N) is 1. The van der Waals surface area contributed by atoms with Crippen LogP contribution in [0.1, 0.15) is 19.4 Å². The zero-order chi connectivity index (χ0) is 18.4. The first-order chi connectivity index (χ1) is 11.7. The van der Waals surface area contributed by atoms with Gasteiger partial charge < -0.3 is 4.90 Å². The summed E-state index contributed by atoms with van der Waals surface area (Å²) in [6.45, 7) is 3.36. The van der Waals surface area contributed by atoms with Crippen molar-refractivity contribution in [3.05, 3.63) is 50.9 Å². The molecule has 5 nitrogen and oxygen atoms in total. The lowest BCUT2D eigenvalue weighted by molar-refractivity contribution is -0.116. The van der Waals surface area contributed by atoms with Crippen LogP contribution in [0.5, 0.6) is 0 Å². The third kappa shape index (κ3) is 3.47. The Morgan fingerprint density at radius 1 is 1.24 bits per heavy atom. The van der Waals surface area contributed by atoms with Gasteiger partial charge >= 0.3 is 0 Å². The molecule has 0 fully saturated rings. The third-order valence-corrected chi connectivity index (χ3v) is 6.59. The third-order valence-electron chi connectivity index (χ3n) is 4.06. The van der Waals surface area contributed by atoms with Gasteiger partial charge in [0.25, 0.3) is 10.0 Å². The summed E-state index contributed by atoms with van der Waals surface area (Å²) in [5.41, 5.74) is 1.74. The number of amides is 1. The van der Waals surface area contributed by atoms with Crippen molar-refractivity contribution in [1.82, 2.24) is 0 Å². The number of para-hydroxylation sites is 1. The van der Waals surface area contributed by atoms with Gasteiger partial charge in [-0.05, 0) is 59.1 Å². The number of halogens is 2. The summed E-state index contributed by atoms with van der Waals surface area (Å²) in [6.07, 6.45) is 0.617. The summed E-state index contributed by atoms with van der Waals surface area (Å²) in [5, 5.41) is 0. The summed E-state index contributed by atoms with van der Waals surface area (Å²) in [7, 11) is -3.88. The topological polar surface area (TPSA) is 66.5 Å². The number of fused-ring (bicyclic) bond motifs is 1. The van der Waals surface area contributed by atoms with Crippen LogP contribution in [0.15, 0.2) is 50.2 Å². The highest BCUT2D eigenvalue weighted by atomic mass is 79.9. The second-order valence-corrected chi connectivity index (χ2v) is 9.36. The summed E-state index contributed by atoms with van der Waals surface area (Å²) in [5.74, 6) is -0.175. The highest BCUT2D eigenvalue weighted by molar-refractivity contribution is 9.10. The number of sulfonamides is 1. The van der Waals surface area contributed by atoms with Crippen LogP contribution in [0.4, 0.5) is 11.4 Å². The summed E-state index contributed by atoms with van der Waals surface area (Å²) < 4.78 is 30.0. The van der Waals surface area contributed by atoms with Gasteiger partial charge in [-0.25, -0.2) is 8.42 Å². The van der Waals surface area contributed by atoms with Crippen LogP contribution in [-0.2, 0) is 21.2 Å². The van der Waals surface area contributed by atoms with Crippen molar-refractivity contribution in [3.63, 3.8) is 0 Å². The normalized spacial score (nSPS) is 16.6. The van der Waals surface area contributed by atoms with Gasteiger partial charge in [0.05, 0.1) is 11.4 Å². The molecule has 0 spiro atoms. The molecular formula is C17H16Br2N2O3S. The van der Waals surface area contributed by atoms with Crippen molar-refractivity contribution in [2.75, 3.05) is 9.62 Å². The second-order valence-electron chi connectivity index (χ2n) is 5.94. The lowest BCUT2D eigenvalue weighted by Crippen LogP contribution is -2.34. The number of carbonyl (C=O) groups is 1. The second kappa shape index (κ2) is 6.74. The minimum Gasteiger partial charge on any atom is -0.308 e. The fourth-order valence-electron chi connectivity index (χ4n) is 3.10. The van der Waals surface area contributed by atoms with Crippen LogP contribution in [0.2, 0.25) is 0 Å². The molecule has 2 aromatic carbocycles. The van der Waals surface area contributed by atoms with Gasteiger partial charge in [-0.3, -0.25) is 9.52 Å². The Morgan fingerprint density at radius 3 is 2.56 bits per heavy atom. The predicted molar refractivity (Wildman–Crippen MR) is 105 cm³/mol. The monoisotopic (exact) mass is 486 g/mol. The van der Waals surface area contributed by atoms with Gasteiger partial charge in [-0.15, -0.1) is 0 Å². The van der Waals surface area contributed by atoms with Crippen LogP contribution < -0.4 is 9.62 Å². The molecule has 0 saturated carbocycles. The predicted octanol–water partition coefficient (Wildman–Crippen LogP) is 4.31. The summed E-state index contributed by atoms with van der Waals surface area (Å²) in [4.78, 5) is 13.7. The van der Waals surface area contributed by atoms with Gasteiger partial charge in [0.1, 0.15) is 4.90 Å². The maximum atomic E-state index is 13.0. The van der Waals surface area contributed by atoms with Gasteiger partial charge in [0.15, 0.2) is 0 Å². The molecule has 1 heterocycles. The number of benzene rings is 2. The molecule has 0 bridgehead atoms. The molecule has 0 saturated heterocycles. The molecule has 1 N–H and O–H groups in total. The van der Waals surface area contributed by atoms with Gasteiger partial charge in [-0.2, -0.15) is 0 Å². The molecule has 25 heavy (non-hydrogen) atoms. The SMILES string of the molecule is CC(=O)N1c2c(cc(Br)cc2S(=O)(=O)Nc2ccccc2Br)C[C@@H]1C. The van der Waals surface area contributed by atoms with Gasteiger partial charge in [0, 0.05) is 21.9 Å². The zero-order valence-electron chi connectivity index (χ0n) is 13.6. The Labute approximate surface area is 163 Å². The van der Waals surface area contributed by atoms with E-state index in [-0.39, 0.29) is 16.8 Å². The Bertz CT molecular complexity index is 960. The fourth-order valence-corrected chi connectivity index (χ4v) is 5.62. The van der Waals surface area contributed by atoms with E-state index < -0.39 is 10.0 Å². The van der Waals surface area contributed by atoms with E-state index in [4.69, 9.17) is 0 Å². The van der Waals surface area contributed by atoms with Crippen LogP contribution in [0.25, 0.3) is 0 Å². The van der Waals surface area contributed by atoms with E-state index in [1.165, 1.54) is 13.0 Å². The molecule has 8 heteroatoms. The van der Waals surface area contributed by atoms with E-state index in [2.05, 4.69) is 36.6 Å². The maximum Gasteiger partial charge on any atom is 0.264 e. The minimum absolute atomic E-state index is 0.0841. The first kappa shape index (κ1) is 18.4. The molecule has 0 aliphatic carbocycles. The standard InChI is InChI=1S/C17H16Br2N2O3S/c1-10-7-12-8-13(18)9-16(17(12)21(10)11(2)22)25(23,24)20-15-6-4-3-5-14(15)19/h3-6,8-10,20H,7H2,1-2H3/t10-/m0/s1. The lowest BCUT2D eigenvalue weighted by atomic mass is 10.1. The van der Waals surface area contributed by atoms with E-state index in [0.717, 1.165) is 5.56 Å². The molecule has 1 amide bonds. The van der Waals surface area contributed by atoms with Crippen molar-refractivity contribution >= 4 is 59.2 Å². The van der Waals surface area contributed by atoms with Crippen molar-refractivity contribution in [3.8, 4) is 0 Å². The molecule has 0 radical (unpaired) electrons. The summed E-state index contributed by atoms with van der Waals surface area (Å²) >= 11 is 6.72. The molecular weight excluding hydrogens is 472 g/mol. The first-order valence-electron chi connectivity index (χ1n) is 7.60. The smallest absolute Gasteiger partial charge is 0.264 e. The largest absolute Gasteiger partial charge is 0.308 e. The fraction of sp³-hybridized carbons (Fsp3) is 0.235. The van der Waals surface area contributed by atoms with Crippen molar-refractivity contribution < 1.29 is 13.2 Å². The van der Waals surface area contributed by atoms with Gasteiger partial charge in [-0.1, -0.05) is 28.1 Å². The number of hydrogen-bond donors (Lipinski definition) is 1. The highest BCUT2D eigenvalue weighted by Crippen LogP contribution is 2.41. The van der Waals surface area contributed by atoms with Crippen LogP contribution in [0, 0.1) is 0 Å². The quantitative estimate of drug-likeness (QED) is 0.701. The van der Waals surface area contributed by atoms with E-state index in [0.29, 0.717) is 26.7 Å². The molecule has 0 unspecified atom stereocenters. The number of carbonyl (C=O) groups excluding carboxylic acids is 1. The average molecular weight is 488 g/mol. The summed E-state index contributed by atoms with van der Waals surface area (Å²) in [6, 6.07) is 10.3. The zero-order valence-corrected chi connectivity index (χ0v) is 17.6. The molecule has 1 aliphatic rings. The van der Waals surface area contributed by atoms with E-state index >= 15 is 0 Å². The molecule has 3 rings (SSSR count). The molecule has 1 aliphatic heterocycles. The number of hydrogen-bond acceptors (Lipinski definition) is 3. The Balaban J connectivity index is 2.15. The number of anilines is 2. The highest BCUT2D eigenvalue weighted by Gasteiger charge is 2.35. The Hall–Kier alpha value is -1.38. The molecule has 132 valence electrons. The van der Waals surface area contributed by atoms with Crippen molar-refractivity contribution in [1.29, 1.82) is 0 Å². The lowest BCUT2D eigenvalue weighted by Gasteiger charge is -2.23. The minimum atomic E-state index is -3.88.